The van der Waals surface area contributed by atoms with Crippen molar-refractivity contribution < 1.29 is 9.47 Å². The summed E-state index contributed by atoms with van der Waals surface area (Å²) >= 11 is 0. The number of para-hydroxylation sites is 1. The Morgan fingerprint density at radius 3 is 2.69 bits per heavy atom. The maximum absolute atomic E-state index is 6.30. The van der Waals surface area contributed by atoms with E-state index in [0.29, 0.717) is 19.0 Å². The summed E-state index contributed by atoms with van der Waals surface area (Å²) in [7, 11) is 3.43. The van der Waals surface area contributed by atoms with Crippen LogP contribution in [0.1, 0.15) is 44.0 Å². The van der Waals surface area contributed by atoms with E-state index in [9.17, 15) is 0 Å². The van der Waals surface area contributed by atoms with E-state index >= 15 is 0 Å². The number of rotatable bonds is 8. The number of aromatic nitrogens is 3. The van der Waals surface area contributed by atoms with E-state index in [0.717, 1.165) is 42.3 Å². The topological polar surface area (TPSA) is 85.6 Å². The van der Waals surface area contributed by atoms with Crippen molar-refractivity contribution >= 4 is 29.9 Å². The fourth-order valence-electron chi connectivity index (χ4n) is 3.41. The summed E-state index contributed by atoms with van der Waals surface area (Å²) in [5.41, 5.74) is 1.05. The van der Waals surface area contributed by atoms with Crippen molar-refractivity contribution in [2.24, 2.45) is 4.99 Å². The van der Waals surface area contributed by atoms with Crippen LogP contribution in [-0.2, 0) is 19.6 Å². The molecule has 0 saturated heterocycles. The van der Waals surface area contributed by atoms with Crippen LogP contribution in [0.15, 0.2) is 29.5 Å². The second kappa shape index (κ2) is 11.8. The summed E-state index contributed by atoms with van der Waals surface area (Å²) < 4.78 is 13.8. The number of aryl methyl sites for hydroxylation is 1. The lowest BCUT2D eigenvalue weighted by Crippen LogP contribution is -2.37. The lowest BCUT2D eigenvalue weighted by atomic mass is 10.1. The maximum atomic E-state index is 6.30. The number of nitrogens with zero attached hydrogens (tertiary/aromatic N) is 4. The Balaban J connectivity index is 0.00000300. The van der Waals surface area contributed by atoms with Gasteiger partial charge < -0.3 is 24.7 Å². The van der Waals surface area contributed by atoms with Gasteiger partial charge in [0.1, 0.15) is 6.33 Å². The van der Waals surface area contributed by atoms with Gasteiger partial charge in [-0.25, -0.2) is 0 Å². The van der Waals surface area contributed by atoms with Crippen LogP contribution in [0.5, 0.6) is 11.5 Å². The first-order chi connectivity index (χ1) is 13.7. The van der Waals surface area contributed by atoms with E-state index in [1.165, 1.54) is 12.8 Å². The largest absolute Gasteiger partial charge is 0.493 e. The predicted molar refractivity (Wildman–Crippen MR) is 124 cm³/mol. The lowest BCUT2D eigenvalue weighted by Gasteiger charge is -2.20. The van der Waals surface area contributed by atoms with Gasteiger partial charge in [0, 0.05) is 25.7 Å². The standard InChI is InChI=1S/C20H30N6O2.HI/c1-4-26-14-24-25-18(26)13-23-20(21-2)22-12-15-8-7-11-17(27-3)19(15)28-16-9-5-6-10-16;/h7-8,11,14,16H,4-6,9-10,12-13H2,1-3H3,(H2,21,22,23);1H. The zero-order valence-corrected chi connectivity index (χ0v) is 19.7. The molecule has 2 N–H and O–H groups in total. The van der Waals surface area contributed by atoms with Gasteiger partial charge >= 0.3 is 0 Å². The van der Waals surface area contributed by atoms with Crippen LogP contribution in [0, 0.1) is 0 Å². The first-order valence-corrected chi connectivity index (χ1v) is 9.88. The SMILES string of the molecule is CCn1cnnc1CNC(=NC)NCc1cccc(OC)c1OC1CCCC1.I. The predicted octanol–water partition coefficient (Wildman–Crippen LogP) is 3.11. The van der Waals surface area contributed by atoms with Gasteiger partial charge in [0.15, 0.2) is 23.3 Å². The number of hydrogen-bond donors (Lipinski definition) is 2. The third-order valence-corrected chi connectivity index (χ3v) is 4.99. The summed E-state index contributed by atoms with van der Waals surface area (Å²) in [5, 5.41) is 14.7. The highest BCUT2D eigenvalue weighted by Gasteiger charge is 2.20. The smallest absolute Gasteiger partial charge is 0.191 e. The van der Waals surface area contributed by atoms with Crippen LogP contribution in [0.3, 0.4) is 0 Å². The van der Waals surface area contributed by atoms with Crippen LogP contribution < -0.4 is 20.1 Å². The minimum atomic E-state index is 0. The van der Waals surface area contributed by atoms with Gasteiger partial charge in [-0.05, 0) is 38.7 Å². The minimum absolute atomic E-state index is 0. The molecule has 1 fully saturated rings. The third kappa shape index (κ3) is 6.22. The molecule has 8 nitrogen and oxygen atoms in total. The zero-order chi connectivity index (χ0) is 19.8. The first kappa shape index (κ1) is 23.2. The molecular formula is C20H31IN6O2. The molecule has 160 valence electrons. The number of halogens is 1. The molecule has 1 aliphatic carbocycles. The number of ether oxygens (including phenoxy) is 2. The molecule has 0 atom stereocenters. The van der Waals surface area contributed by atoms with E-state index in [-0.39, 0.29) is 30.1 Å². The Morgan fingerprint density at radius 2 is 2.00 bits per heavy atom. The highest BCUT2D eigenvalue weighted by molar-refractivity contribution is 14.0. The monoisotopic (exact) mass is 514 g/mol. The highest BCUT2D eigenvalue weighted by atomic mass is 127. The van der Waals surface area contributed by atoms with Crippen LogP contribution in [-0.4, -0.2) is 41.0 Å². The number of aliphatic imine (C=N–C) groups is 1. The Kier molecular flexibility index (Phi) is 9.49. The molecule has 0 radical (unpaired) electrons. The zero-order valence-electron chi connectivity index (χ0n) is 17.4. The summed E-state index contributed by atoms with van der Waals surface area (Å²) in [4.78, 5) is 4.30. The van der Waals surface area contributed by atoms with Crippen molar-refractivity contribution in [2.45, 2.75) is 58.3 Å². The fraction of sp³-hybridized carbons (Fsp3) is 0.550. The van der Waals surface area contributed by atoms with Crippen LogP contribution in [0.25, 0.3) is 0 Å². The second-order valence-electron chi connectivity index (χ2n) is 6.79. The van der Waals surface area contributed by atoms with Crippen molar-refractivity contribution in [1.29, 1.82) is 0 Å². The van der Waals surface area contributed by atoms with Crippen molar-refractivity contribution in [2.75, 3.05) is 14.2 Å². The molecule has 1 heterocycles. The van der Waals surface area contributed by atoms with Crippen molar-refractivity contribution in [3.05, 3.63) is 35.9 Å². The Bertz CT molecular complexity index is 789. The summed E-state index contributed by atoms with van der Waals surface area (Å²) in [6.45, 7) is 4.03. The molecule has 29 heavy (non-hydrogen) atoms. The molecule has 0 bridgehead atoms. The molecule has 0 amide bonds. The molecule has 2 aromatic rings. The third-order valence-electron chi connectivity index (χ3n) is 4.99. The number of methoxy groups -OCH3 is 1. The van der Waals surface area contributed by atoms with Gasteiger partial charge in [0.05, 0.1) is 19.8 Å². The van der Waals surface area contributed by atoms with Gasteiger partial charge in [0.25, 0.3) is 0 Å². The first-order valence-electron chi connectivity index (χ1n) is 9.88. The number of nitrogens with one attached hydrogen (secondary N) is 2. The second-order valence-corrected chi connectivity index (χ2v) is 6.79. The maximum Gasteiger partial charge on any atom is 0.191 e. The molecule has 1 aromatic heterocycles. The van der Waals surface area contributed by atoms with Crippen molar-refractivity contribution in [1.82, 2.24) is 25.4 Å². The van der Waals surface area contributed by atoms with Crippen molar-refractivity contribution in [3.63, 3.8) is 0 Å². The minimum Gasteiger partial charge on any atom is -0.493 e. The van der Waals surface area contributed by atoms with E-state index in [1.54, 1.807) is 20.5 Å². The number of benzene rings is 1. The van der Waals surface area contributed by atoms with Crippen LogP contribution in [0.2, 0.25) is 0 Å². The molecular weight excluding hydrogens is 483 g/mol. The molecule has 1 aromatic carbocycles. The van der Waals surface area contributed by atoms with E-state index in [1.807, 2.05) is 16.7 Å². The average Bonchev–Trinajstić information content (AvgIpc) is 3.40. The van der Waals surface area contributed by atoms with E-state index in [4.69, 9.17) is 9.47 Å². The van der Waals surface area contributed by atoms with E-state index < -0.39 is 0 Å². The Morgan fingerprint density at radius 1 is 1.24 bits per heavy atom. The highest BCUT2D eigenvalue weighted by Crippen LogP contribution is 2.34. The summed E-state index contributed by atoms with van der Waals surface area (Å²) in [5.74, 6) is 3.16. The molecule has 0 unspecified atom stereocenters. The van der Waals surface area contributed by atoms with E-state index in [2.05, 4.69) is 38.8 Å². The average molecular weight is 514 g/mol. The molecule has 1 aliphatic rings. The quantitative estimate of drug-likeness (QED) is 0.320. The lowest BCUT2D eigenvalue weighted by molar-refractivity contribution is 0.198. The molecule has 9 heteroatoms. The molecule has 1 saturated carbocycles. The Labute approximate surface area is 189 Å². The Hall–Kier alpha value is -2.04. The number of hydrogen-bond acceptors (Lipinski definition) is 5. The normalized spacial score (nSPS) is 14.4. The molecule has 3 rings (SSSR count). The summed E-state index contributed by atoms with van der Waals surface area (Å²) in [6.07, 6.45) is 6.67. The van der Waals surface area contributed by atoms with Crippen LogP contribution in [0.4, 0.5) is 0 Å². The van der Waals surface area contributed by atoms with Crippen molar-refractivity contribution in [3.8, 4) is 11.5 Å². The summed E-state index contributed by atoms with van der Waals surface area (Å²) in [6, 6.07) is 5.98. The van der Waals surface area contributed by atoms with Gasteiger partial charge in [-0.15, -0.1) is 34.2 Å². The van der Waals surface area contributed by atoms with Gasteiger partial charge in [-0.3, -0.25) is 4.99 Å². The fourth-order valence-corrected chi connectivity index (χ4v) is 3.41. The van der Waals surface area contributed by atoms with Gasteiger partial charge in [0.2, 0.25) is 0 Å². The van der Waals surface area contributed by atoms with Gasteiger partial charge in [-0.1, -0.05) is 12.1 Å². The molecule has 0 aliphatic heterocycles. The van der Waals surface area contributed by atoms with Crippen LogP contribution >= 0.6 is 24.0 Å². The van der Waals surface area contributed by atoms with Gasteiger partial charge in [-0.2, -0.15) is 0 Å². The molecule has 0 spiro atoms. The number of guanidine groups is 1.